The topological polar surface area (TPSA) is 67.9 Å². The van der Waals surface area contributed by atoms with Crippen molar-refractivity contribution in [3.63, 3.8) is 0 Å². The van der Waals surface area contributed by atoms with Gasteiger partial charge >= 0.3 is 5.97 Å². The summed E-state index contributed by atoms with van der Waals surface area (Å²) in [5.74, 6) is 1.36. The summed E-state index contributed by atoms with van der Waals surface area (Å²) < 4.78 is 5.33. The number of rotatable bonds is 6. The molecule has 0 amide bonds. The SMILES string of the molecule is CC(C)(C)SCCOC(=O)CCc1ncn[nH]1. The van der Waals surface area contributed by atoms with Crippen molar-refractivity contribution in [2.75, 3.05) is 12.4 Å². The van der Waals surface area contributed by atoms with Crippen LogP contribution >= 0.6 is 11.8 Å². The van der Waals surface area contributed by atoms with Gasteiger partial charge in [0.15, 0.2) is 0 Å². The predicted octanol–water partition coefficient (Wildman–Crippen LogP) is 1.81. The van der Waals surface area contributed by atoms with Crippen molar-refractivity contribution < 1.29 is 9.53 Å². The molecular weight excluding hydrogens is 238 g/mol. The zero-order chi connectivity index (χ0) is 12.7. The van der Waals surface area contributed by atoms with Gasteiger partial charge in [-0.15, -0.1) is 0 Å². The van der Waals surface area contributed by atoms with Crippen LogP contribution in [0.2, 0.25) is 0 Å². The molecule has 0 aromatic carbocycles. The molecule has 0 aliphatic carbocycles. The quantitative estimate of drug-likeness (QED) is 0.622. The van der Waals surface area contributed by atoms with Crippen LogP contribution in [0.5, 0.6) is 0 Å². The van der Waals surface area contributed by atoms with Gasteiger partial charge in [-0.1, -0.05) is 20.8 Å². The van der Waals surface area contributed by atoms with Crippen LogP contribution in [-0.4, -0.2) is 38.3 Å². The Labute approximate surface area is 106 Å². The van der Waals surface area contributed by atoms with Crippen LogP contribution in [-0.2, 0) is 16.0 Å². The highest BCUT2D eigenvalue weighted by atomic mass is 32.2. The van der Waals surface area contributed by atoms with Gasteiger partial charge in [-0.3, -0.25) is 9.89 Å². The third-order valence-electron chi connectivity index (χ3n) is 1.91. The molecule has 0 saturated carbocycles. The van der Waals surface area contributed by atoms with E-state index in [0.29, 0.717) is 25.3 Å². The van der Waals surface area contributed by atoms with Crippen molar-refractivity contribution >= 4 is 17.7 Å². The first-order valence-corrected chi connectivity index (χ1v) is 6.60. The molecule has 0 radical (unpaired) electrons. The molecule has 1 N–H and O–H groups in total. The number of nitrogens with one attached hydrogen (secondary N) is 1. The molecule has 0 atom stereocenters. The van der Waals surface area contributed by atoms with Gasteiger partial charge in [0.2, 0.25) is 0 Å². The highest BCUT2D eigenvalue weighted by Gasteiger charge is 2.11. The molecule has 0 aliphatic heterocycles. The highest BCUT2D eigenvalue weighted by Crippen LogP contribution is 2.22. The van der Waals surface area contributed by atoms with Crippen molar-refractivity contribution in [3.8, 4) is 0 Å². The first kappa shape index (κ1) is 14.0. The number of hydrogen-bond acceptors (Lipinski definition) is 5. The summed E-state index contributed by atoms with van der Waals surface area (Å²) in [5, 5.41) is 6.42. The minimum atomic E-state index is -0.184. The molecule has 17 heavy (non-hydrogen) atoms. The van der Waals surface area contributed by atoms with E-state index in [1.165, 1.54) is 6.33 Å². The maximum Gasteiger partial charge on any atom is 0.306 e. The summed E-state index contributed by atoms with van der Waals surface area (Å²) in [6, 6.07) is 0. The minimum absolute atomic E-state index is 0.184. The number of hydrogen-bond donors (Lipinski definition) is 1. The Morgan fingerprint density at radius 2 is 2.29 bits per heavy atom. The van der Waals surface area contributed by atoms with Crippen LogP contribution < -0.4 is 0 Å². The summed E-state index contributed by atoms with van der Waals surface area (Å²) in [7, 11) is 0. The lowest BCUT2D eigenvalue weighted by Crippen LogP contribution is -2.13. The fourth-order valence-corrected chi connectivity index (χ4v) is 1.93. The van der Waals surface area contributed by atoms with Crippen LogP contribution in [0.15, 0.2) is 6.33 Å². The second-order valence-corrected chi connectivity index (χ2v) is 6.54. The standard InChI is InChI=1S/C11H19N3O2S/c1-11(2,3)17-7-6-16-10(15)5-4-9-12-8-13-14-9/h8H,4-7H2,1-3H3,(H,12,13,14). The monoisotopic (exact) mass is 257 g/mol. The van der Waals surface area contributed by atoms with Gasteiger partial charge in [-0.25, -0.2) is 4.98 Å². The molecule has 0 unspecified atom stereocenters. The lowest BCUT2D eigenvalue weighted by molar-refractivity contribution is -0.142. The Hall–Kier alpha value is -1.04. The number of nitrogens with zero attached hydrogens (tertiary/aromatic N) is 2. The molecule has 1 rings (SSSR count). The van der Waals surface area contributed by atoms with Gasteiger partial charge in [-0.05, 0) is 0 Å². The van der Waals surface area contributed by atoms with Gasteiger partial charge in [0.1, 0.15) is 18.8 Å². The number of carbonyl (C=O) groups excluding carboxylic acids is 1. The zero-order valence-electron chi connectivity index (χ0n) is 10.5. The number of esters is 1. The van der Waals surface area contributed by atoms with E-state index in [2.05, 4.69) is 36.0 Å². The number of thioether (sulfide) groups is 1. The molecule has 1 heterocycles. The second-order valence-electron chi connectivity index (χ2n) is 4.61. The number of aromatic amines is 1. The molecule has 0 saturated heterocycles. The van der Waals surface area contributed by atoms with Crippen molar-refractivity contribution in [2.24, 2.45) is 0 Å². The summed E-state index contributed by atoms with van der Waals surface area (Å²) in [6.45, 7) is 6.90. The lowest BCUT2D eigenvalue weighted by atomic mass is 10.3. The van der Waals surface area contributed by atoms with Crippen molar-refractivity contribution in [1.29, 1.82) is 0 Å². The fraction of sp³-hybridized carbons (Fsp3) is 0.727. The van der Waals surface area contributed by atoms with E-state index in [4.69, 9.17) is 4.74 Å². The van der Waals surface area contributed by atoms with Crippen LogP contribution in [0, 0.1) is 0 Å². The third-order valence-corrected chi connectivity index (χ3v) is 3.15. The molecule has 0 aliphatic rings. The Balaban J connectivity index is 2.06. The normalized spacial score (nSPS) is 11.5. The average molecular weight is 257 g/mol. The predicted molar refractivity (Wildman–Crippen MR) is 67.9 cm³/mol. The molecule has 0 spiro atoms. The first-order valence-electron chi connectivity index (χ1n) is 5.61. The second kappa shape index (κ2) is 6.64. The fourth-order valence-electron chi connectivity index (χ4n) is 1.15. The van der Waals surface area contributed by atoms with Gasteiger partial charge in [0.25, 0.3) is 0 Å². The molecule has 1 aromatic heterocycles. The number of aryl methyl sites for hydroxylation is 1. The summed E-state index contributed by atoms with van der Waals surface area (Å²) in [6.07, 6.45) is 2.32. The molecular formula is C11H19N3O2S. The summed E-state index contributed by atoms with van der Waals surface area (Å²) in [4.78, 5) is 15.3. The van der Waals surface area contributed by atoms with Crippen LogP contribution in [0.25, 0.3) is 0 Å². The van der Waals surface area contributed by atoms with E-state index in [1.807, 2.05) is 0 Å². The molecule has 6 heteroatoms. The Morgan fingerprint density at radius 3 is 2.88 bits per heavy atom. The third kappa shape index (κ3) is 6.99. The Morgan fingerprint density at radius 1 is 1.53 bits per heavy atom. The number of H-pyrrole nitrogens is 1. The van der Waals surface area contributed by atoms with Crippen molar-refractivity contribution in [1.82, 2.24) is 15.2 Å². The van der Waals surface area contributed by atoms with Gasteiger partial charge in [0, 0.05) is 16.9 Å². The largest absolute Gasteiger partial charge is 0.465 e. The number of aromatic nitrogens is 3. The molecule has 96 valence electrons. The van der Waals surface area contributed by atoms with Gasteiger partial charge in [0.05, 0.1) is 6.42 Å². The maximum atomic E-state index is 11.4. The molecule has 0 bridgehead atoms. The molecule has 0 fully saturated rings. The Bertz CT molecular complexity index is 333. The van der Waals surface area contributed by atoms with E-state index < -0.39 is 0 Å². The van der Waals surface area contributed by atoms with Crippen molar-refractivity contribution in [2.45, 2.75) is 38.4 Å². The smallest absolute Gasteiger partial charge is 0.306 e. The van der Waals surface area contributed by atoms with E-state index in [1.54, 1.807) is 11.8 Å². The van der Waals surface area contributed by atoms with Crippen LogP contribution in [0.3, 0.4) is 0 Å². The molecule has 1 aromatic rings. The van der Waals surface area contributed by atoms with E-state index in [0.717, 1.165) is 5.75 Å². The number of ether oxygens (including phenoxy) is 1. The van der Waals surface area contributed by atoms with E-state index in [-0.39, 0.29) is 10.7 Å². The molecule has 5 nitrogen and oxygen atoms in total. The average Bonchev–Trinajstić information content (AvgIpc) is 2.73. The van der Waals surface area contributed by atoms with Gasteiger partial charge < -0.3 is 4.74 Å². The van der Waals surface area contributed by atoms with Crippen molar-refractivity contribution in [3.05, 3.63) is 12.2 Å². The number of carbonyl (C=O) groups is 1. The first-order chi connectivity index (χ1) is 7.97. The highest BCUT2D eigenvalue weighted by molar-refractivity contribution is 8.00. The van der Waals surface area contributed by atoms with Crippen LogP contribution in [0.1, 0.15) is 33.0 Å². The lowest BCUT2D eigenvalue weighted by Gasteiger charge is -2.17. The summed E-state index contributed by atoms with van der Waals surface area (Å²) >= 11 is 1.79. The summed E-state index contributed by atoms with van der Waals surface area (Å²) in [5.41, 5.74) is 0. The van der Waals surface area contributed by atoms with Gasteiger partial charge in [-0.2, -0.15) is 16.9 Å². The van der Waals surface area contributed by atoms with Crippen LogP contribution in [0.4, 0.5) is 0 Å². The van der Waals surface area contributed by atoms with E-state index >= 15 is 0 Å². The Kier molecular flexibility index (Phi) is 5.47. The zero-order valence-corrected chi connectivity index (χ0v) is 11.3. The van der Waals surface area contributed by atoms with E-state index in [9.17, 15) is 4.79 Å². The minimum Gasteiger partial charge on any atom is -0.465 e. The maximum absolute atomic E-state index is 11.4.